The van der Waals surface area contributed by atoms with Crippen LogP contribution >= 0.6 is 0 Å². The maximum absolute atomic E-state index is 13.6. The Hall–Kier alpha value is -2.61. The number of methoxy groups -OCH3 is 1. The molecule has 1 unspecified atom stereocenters. The molecule has 1 saturated heterocycles. The number of aromatic nitrogens is 1. The van der Waals surface area contributed by atoms with Crippen molar-refractivity contribution in [2.45, 2.75) is 19.3 Å². The fourth-order valence-electron chi connectivity index (χ4n) is 3.04. The molecular weight excluding hydrogens is 343 g/mol. The molecule has 7 nitrogen and oxygen atoms in total. The largest absolute Gasteiger partial charge is 0.494 e. The molecule has 1 fully saturated rings. The summed E-state index contributed by atoms with van der Waals surface area (Å²) in [4.78, 5) is 11.7. The summed E-state index contributed by atoms with van der Waals surface area (Å²) in [6.45, 7) is 2.10. The number of ether oxygens (including phenoxy) is 2. The maximum atomic E-state index is 13.6. The third-order valence-corrected chi connectivity index (χ3v) is 4.42. The van der Waals surface area contributed by atoms with Gasteiger partial charge in [0.1, 0.15) is 0 Å². The van der Waals surface area contributed by atoms with E-state index >= 15 is 0 Å². The molecule has 1 atom stereocenters. The number of carboxylic acids is 1. The zero-order chi connectivity index (χ0) is 18.5. The second kappa shape index (κ2) is 8.18. The van der Waals surface area contributed by atoms with E-state index in [1.165, 1.54) is 25.3 Å². The van der Waals surface area contributed by atoms with Gasteiger partial charge in [0, 0.05) is 25.3 Å². The van der Waals surface area contributed by atoms with Crippen LogP contribution in [0.25, 0.3) is 11.3 Å². The topological polar surface area (TPSA) is 93.8 Å². The van der Waals surface area contributed by atoms with E-state index in [2.05, 4.69) is 10.5 Å². The van der Waals surface area contributed by atoms with Gasteiger partial charge in [-0.3, -0.25) is 0 Å². The molecule has 2 heterocycles. The quantitative estimate of drug-likeness (QED) is 0.777. The lowest BCUT2D eigenvalue weighted by Crippen LogP contribution is -2.20. The molecule has 0 amide bonds. The van der Waals surface area contributed by atoms with Crippen molar-refractivity contribution in [1.29, 1.82) is 0 Å². The van der Waals surface area contributed by atoms with E-state index < -0.39 is 11.8 Å². The van der Waals surface area contributed by atoms with Gasteiger partial charge in [0.2, 0.25) is 0 Å². The van der Waals surface area contributed by atoms with Crippen LogP contribution in [0.15, 0.2) is 22.7 Å². The predicted molar refractivity (Wildman–Crippen MR) is 92.1 cm³/mol. The summed E-state index contributed by atoms with van der Waals surface area (Å²) >= 11 is 0. The summed E-state index contributed by atoms with van der Waals surface area (Å²) in [6, 6.07) is 4.00. The molecule has 26 heavy (non-hydrogen) atoms. The highest BCUT2D eigenvalue weighted by molar-refractivity contribution is 5.99. The van der Waals surface area contributed by atoms with Crippen LogP contribution in [-0.4, -0.2) is 43.1 Å². The van der Waals surface area contributed by atoms with Gasteiger partial charge in [0.25, 0.3) is 0 Å². The van der Waals surface area contributed by atoms with Crippen LogP contribution in [0.2, 0.25) is 0 Å². The van der Waals surface area contributed by atoms with Crippen LogP contribution in [-0.2, 0) is 4.74 Å². The van der Waals surface area contributed by atoms with Crippen LogP contribution < -0.4 is 10.1 Å². The van der Waals surface area contributed by atoms with Gasteiger partial charge in [-0.05, 0) is 43.4 Å². The van der Waals surface area contributed by atoms with Gasteiger partial charge in [0.05, 0.1) is 7.11 Å². The summed E-state index contributed by atoms with van der Waals surface area (Å²) in [5, 5.41) is 16.4. The molecule has 1 aromatic carbocycles. The van der Waals surface area contributed by atoms with E-state index in [0.717, 1.165) is 32.5 Å². The zero-order valence-electron chi connectivity index (χ0n) is 14.5. The van der Waals surface area contributed by atoms with E-state index in [-0.39, 0.29) is 22.9 Å². The maximum Gasteiger partial charge on any atom is 0.343 e. The van der Waals surface area contributed by atoms with Gasteiger partial charge >= 0.3 is 5.97 Å². The number of carbonyl (C=O) groups is 1. The van der Waals surface area contributed by atoms with Crippen molar-refractivity contribution in [2.24, 2.45) is 5.92 Å². The summed E-state index contributed by atoms with van der Waals surface area (Å²) in [7, 11) is 1.34. The number of benzene rings is 1. The van der Waals surface area contributed by atoms with Crippen molar-refractivity contribution in [2.75, 3.05) is 32.2 Å². The van der Waals surface area contributed by atoms with Gasteiger partial charge in [-0.15, -0.1) is 0 Å². The average molecular weight is 364 g/mol. The number of nitrogens with one attached hydrogen (secondary N) is 1. The minimum atomic E-state index is -1.17. The lowest BCUT2D eigenvalue weighted by Gasteiger charge is -2.21. The van der Waals surface area contributed by atoms with Crippen molar-refractivity contribution in [1.82, 2.24) is 5.16 Å². The Bertz CT molecular complexity index is 771. The Morgan fingerprint density at radius 1 is 1.50 bits per heavy atom. The van der Waals surface area contributed by atoms with Gasteiger partial charge in [0.15, 0.2) is 28.7 Å². The van der Waals surface area contributed by atoms with Crippen molar-refractivity contribution >= 4 is 11.8 Å². The molecule has 2 N–H and O–H groups in total. The first-order valence-electron chi connectivity index (χ1n) is 8.48. The van der Waals surface area contributed by atoms with E-state index in [4.69, 9.17) is 14.0 Å². The number of halogens is 1. The lowest BCUT2D eigenvalue weighted by atomic mass is 9.99. The highest BCUT2D eigenvalue weighted by Gasteiger charge is 2.25. The first kappa shape index (κ1) is 18.2. The molecule has 1 aliphatic heterocycles. The number of anilines is 1. The fraction of sp³-hybridized carbons (Fsp3) is 0.444. The second-order valence-corrected chi connectivity index (χ2v) is 6.19. The van der Waals surface area contributed by atoms with E-state index in [9.17, 15) is 14.3 Å². The van der Waals surface area contributed by atoms with E-state index in [1.807, 2.05) is 0 Å². The number of rotatable bonds is 7. The molecule has 140 valence electrons. The first-order chi connectivity index (χ1) is 12.6. The van der Waals surface area contributed by atoms with Crippen molar-refractivity contribution in [3.05, 3.63) is 29.6 Å². The highest BCUT2D eigenvalue weighted by Crippen LogP contribution is 2.32. The molecule has 0 aliphatic carbocycles. The summed E-state index contributed by atoms with van der Waals surface area (Å²) in [5.74, 6) is -1.04. The zero-order valence-corrected chi connectivity index (χ0v) is 14.5. The number of hydrogen-bond acceptors (Lipinski definition) is 6. The number of aromatic carboxylic acids is 1. The summed E-state index contributed by atoms with van der Waals surface area (Å²) in [5.41, 5.74) is 0.292. The van der Waals surface area contributed by atoms with Crippen molar-refractivity contribution in [3.63, 3.8) is 0 Å². The Labute approximate surface area is 150 Å². The van der Waals surface area contributed by atoms with Gasteiger partial charge in [-0.25, -0.2) is 9.18 Å². The number of nitrogens with zero attached hydrogens (tertiary/aromatic N) is 1. The SMILES string of the molecule is COc1cc(-c2onc(NCCC3CCCOC3)c2C(=O)O)ccc1F. The van der Waals surface area contributed by atoms with Gasteiger partial charge < -0.3 is 24.4 Å². The Morgan fingerprint density at radius 2 is 2.35 bits per heavy atom. The second-order valence-electron chi connectivity index (χ2n) is 6.19. The van der Waals surface area contributed by atoms with Crippen LogP contribution in [0, 0.1) is 11.7 Å². The molecule has 1 aromatic heterocycles. The van der Waals surface area contributed by atoms with Gasteiger partial charge in [-0.2, -0.15) is 0 Å². The molecule has 0 bridgehead atoms. The van der Waals surface area contributed by atoms with Crippen LogP contribution in [0.1, 0.15) is 29.6 Å². The lowest BCUT2D eigenvalue weighted by molar-refractivity contribution is 0.0530. The molecular formula is C18H21FN2O5. The fourth-order valence-corrected chi connectivity index (χ4v) is 3.04. The van der Waals surface area contributed by atoms with Crippen molar-refractivity contribution < 1.29 is 28.3 Å². The smallest absolute Gasteiger partial charge is 0.343 e. The molecule has 3 rings (SSSR count). The Morgan fingerprint density at radius 3 is 3.04 bits per heavy atom. The normalized spacial score (nSPS) is 17.1. The predicted octanol–water partition coefficient (Wildman–Crippen LogP) is 3.42. The molecule has 1 aliphatic rings. The highest BCUT2D eigenvalue weighted by atomic mass is 19.1. The molecule has 0 radical (unpaired) electrons. The van der Waals surface area contributed by atoms with Crippen LogP contribution in [0.5, 0.6) is 5.75 Å². The van der Waals surface area contributed by atoms with Crippen LogP contribution in [0.3, 0.4) is 0 Å². The molecule has 2 aromatic rings. The summed E-state index contributed by atoms with van der Waals surface area (Å²) in [6.07, 6.45) is 3.00. The average Bonchev–Trinajstić information content (AvgIpc) is 3.07. The minimum Gasteiger partial charge on any atom is -0.494 e. The summed E-state index contributed by atoms with van der Waals surface area (Å²) < 4.78 is 29.2. The Kier molecular flexibility index (Phi) is 5.72. The van der Waals surface area contributed by atoms with Crippen LogP contribution in [0.4, 0.5) is 10.2 Å². The minimum absolute atomic E-state index is 0.00189. The third-order valence-electron chi connectivity index (χ3n) is 4.42. The van der Waals surface area contributed by atoms with Crippen molar-refractivity contribution in [3.8, 4) is 17.1 Å². The monoisotopic (exact) mass is 364 g/mol. The first-order valence-corrected chi connectivity index (χ1v) is 8.48. The number of hydrogen-bond donors (Lipinski definition) is 2. The van der Waals surface area contributed by atoms with Gasteiger partial charge in [-0.1, -0.05) is 5.16 Å². The standard InChI is InChI=1S/C18H21FN2O5/c1-24-14-9-12(4-5-13(14)19)16-15(18(22)23)17(21-26-16)20-7-6-11-3-2-8-25-10-11/h4-5,9,11H,2-3,6-8,10H2,1H3,(H,20,21)(H,22,23). The number of carboxylic acid groups (broad SMARTS) is 1. The Balaban J connectivity index is 1.76. The molecule has 8 heteroatoms. The van der Waals surface area contributed by atoms with E-state index in [0.29, 0.717) is 18.0 Å². The third kappa shape index (κ3) is 3.96. The molecule has 0 saturated carbocycles. The van der Waals surface area contributed by atoms with E-state index in [1.54, 1.807) is 0 Å². The molecule has 0 spiro atoms.